The molecule has 0 aromatic carbocycles. The van der Waals surface area contributed by atoms with E-state index in [1.54, 1.807) is 0 Å². The molecule has 0 saturated heterocycles. The predicted molar refractivity (Wildman–Crippen MR) is 80.8 cm³/mol. The smallest absolute Gasteiger partial charge is 0.305 e. The van der Waals surface area contributed by atoms with Gasteiger partial charge in [-0.1, -0.05) is 27.2 Å². The van der Waals surface area contributed by atoms with Gasteiger partial charge in [0.15, 0.2) is 0 Å². The van der Waals surface area contributed by atoms with Gasteiger partial charge in [0, 0.05) is 25.9 Å². The third-order valence-electron chi connectivity index (χ3n) is 3.21. The van der Waals surface area contributed by atoms with Crippen LogP contribution in [0.4, 0.5) is 0 Å². The summed E-state index contributed by atoms with van der Waals surface area (Å²) in [5, 5.41) is 14.4. The SMILES string of the molecule is CC(=O)NCCCCCC(=O)NC(CC(=O)O)C(C)(C)C. The van der Waals surface area contributed by atoms with Gasteiger partial charge < -0.3 is 15.7 Å². The van der Waals surface area contributed by atoms with Gasteiger partial charge in [-0.05, 0) is 18.3 Å². The zero-order valence-corrected chi connectivity index (χ0v) is 13.5. The van der Waals surface area contributed by atoms with Crippen LogP contribution in [0.5, 0.6) is 0 Å². The summed E-state index contributed by atoms with van der Waals surface area (Å²) >= 11 is 0. The first-order chi connectivity index (χ1) is 9.62. The van der Waals surface area contributed by atoms with Crippen molar-refractivity contribution in [2.45, 2.75) is 65.8 Å². The van der Waals surface area contributed by atoms with Crippen molar-refractivity contribution < 1.29 is 19.5 Å². The van der Waals surface area contributed by atoms with Gasteiger partial charge in [-0.3, -0.25) is 14.4 Å². The number of carbonyl (C=O) groups excluding carboxylic acids is 2. The molecule has 0 saturated carbocycles. The van der Waals surface area contributed by atoms with Crippen LogP contribution in [-0.2, 0) is 14.4 Å². The summed E-state index contributed by atoms with van der Waals surface area (Å²) in [4.78, 5) is 33.4. The number of hydrogen-bond donors (Lipinski definition) is 3. The van der Waals surface area contributed by atoms with Crippen molar-refractivity contribution in [3.8, 4) is 0 Å². The number of rotatable bonds is 9. The van der Waals surface area contributed by atoms with Crippen LogP contribution in [0.1, 0.15) is 59.8 Å². The molecule has 0 bridgehead atoms. The van der Waals surface area contributed by atoms with Gasteiger partial charge in [0.05, 0.1) is 6.42 Å². The van der Waals surface area contributed by atoms with E-state index in [2.05, 4.69) is 10.6 Å². The summed E-state index contributed by atoms with van der Waals surface area (Å²) in [5.74, 6) is -1.07. The van der Waals surface area contributed by atoms with E-state index in [9.17, 15) is 14.4 Å². The van der Waals surface area contributed by atoms with Crippen molar-refractivity contribution in [1.82, 2.24) is 10.6 Å². The molecule has 0 fully saturated rings. The number of nitrogens with one attached hydrogen (secondary N) is 2. The average Bonchev–Trinajstić information content (AvgIpc) is 2.30. The van der Waals surface area contributed by atoms with Gasteiger partial charge in [-0.15, -0.1) is 0 Å². The first-order valence-electron chi connectivity index (χ1n) is 7.38. The fourth-order valence-corrected chi connectivity index (χ4v) is 1.87. The van der Waals surface area contributed by atoms with E-state index in [-0.39, 0.29) is 29.7 Å². The van der Waals surface area contributed by atoms with Crippen molar-refractivity contribution in [3.05, 3.63) is 0 Å². The lowest BCUT2D eigenvalue weighted by atomic mass is 9.84. The largest absolute Gasteiger partial charge is 0.481 e. The highest BCUT2D eigenvalue weighted by Gasteiger charge is 2.28. The lowest BCUT2D eigenvalue weighted by Gasteiger charge is -2.30. The zero-order valence-electron chi connectivity index (χ0n) is 13.5. The van der Waals surface area contributed by atoms with Crippen molar-refractivity contribution in [3.63, 3.8) is 0 Å². The standard InChI is InChI=1S/C15H28N2O4/c1-11(18)16-9-7-5-6-8-13(19)17-12(10-14(20)21)15(2,3)4/h12H,5-10H2,1-4H3,(H,16,18)(H,17,19)(H,20,21). The highest BCUT2D eigenvalue weighted by molar-refractivity contribution is 5.77. The van der Waals surface area contributed by atoms with Crippen LogP contribution < -0.4 is 10.6 Å². The molecular weight excluding hydrogens is 272 g/mol. The average molecular weight is 300 g/mol. The fourth-order valence-electron chi connectivity index (χ4n) is 1.87. The highest BCUT2D eigenvalue weighted by Crippen LogP contribution is 2.22. The minimum Gasteiger partial charge on any atom is -0.481 e. The Hall–Kier alpha value is -1.59. The Morgan fingerprint density at radius 2 is 1.71 bits per heavy atom. The van der Waals surface area contributed by atoms with E-state index in [1.807, 2.05) is 20.8 Å². The minimum absolute atomic E-state index is 0.0468. The summed E-state index contributed by atoms with van der Waals surface area (Å²) in [5.41, 5.74) is -0.292. The van der Waals surface area contributed by atoms with Gasteiger partial charge >= 0.3 is 5.97 Å². The molecule has 21 heavy (non-hydrogen) atoms. The summed E-state index contributed by atoms with van der Waals surface area (Å²) in [7, 11) is 0. The Morgan fingerprint density at radius 3 is 2.19 bits per heavy atom. The molecule has 0 aliphatic heterocycles. The summed E-state index contributed by atoms with van der Waals surface area (Å²) in [6.45, 7) is 7.83. The van der Waals surface area contributed by atoms with E-state index in [0.717, 1.165) is 19.3 Å². The zero-order chi connectivity index (χ0) is 16.5. The molecule has 0 spiro atoms. The van der Waals surface area contributed by atoms with E-state index in [0.29, 0.717) is 13.0 Å². The molecular formula is C15H28N2O4. The number of carbonyl (C=O) groups is 3. The number of carboxylic acids is 1. The second-order valence-corrected chi connectivity index (χ2v) is 6.38. The number of amides is 2. The van der Waals surface area contributed by atoms with Crippen LogP contribution >= 0.6 is 0 Å². The number of carboxylic acid groups (broad SMARTS) is 1. The van der Waals surface area contributed by atoms with Crippen molar-refractivity contribution in [2.24, 2.45) is 5.41 Å². The van der Waals surface area contributed by atoms with E-state index >= 15 is 0 Å². The van der Waals surface area contributed by atoms with Crippen molar-refractivity contribution >= 4 is 17.8 Å². The lowest BCUT2D eigenvalue weighted by Crippen LogP contribution is -2.45. The summed E-state index contributed by atoms with van der Waals surface area (Å²) in [6, 6.07) is -0.373. The third kappa shape index (κ3) is 10.8. The first kappa shape index (κ1) is 19.4. The van der Waals surface area contributed by atoms with Gasteiger partial charge in [-0.25, -0.2) is 0 Å². The van der Waals surface area contributed by atoms with Crippen LogP contribution in [0.15, 0.2) is 0 Å². The fraction of sp³-hybridized carbons (Fsp3) is 0.800. The molecule has 0 aromatic rings. The molecule has 0 heterocycles. The molecule has 1 unspecified atom stereocenters. The maximum Gasteiger partial charge on any atom is 0.305 e. The second-order valence-electron chi connectivity index (χ2n) is 6.38. The number of hydrogen-bond acceptors (Lipinski definition) is 3. The Morgan fingerprint density at radius 1 is 1.10 bits per heavy atom. The highest BCUT2D eigenvalue weighted by atomic mass is 16.4. The summed E-state index contributed by atoms with van der Waals surface area (Å²) in [6.07, 6.45) is 2.73. The molecule has 0 aliphatic carbocycles. The molecule has 0 aromatic heterocycles. The van der Waals surface area contributed by atoms with Crippen molar-refractivity contribution in [1.29, 1.82) is 0 Å². The van der Waals surface area contributed by atoms with Gasteiger partial charge in [0.2, 0.25) is 11.8 Å². The molecule has 0 rings (SSSR count). The normalized spacial score (nSPS) is 12.6. The van der Waals surface area contributed by atoms with E-state index < -0.39 is 5.97 Å². The molecule has 122 valence electrons. The Balaban J connectivity index is 3.99. The Bertz CT molecular complexity index is 361. The van der Waals surface area contributed by atoms with Crippen LogP contribution in [0.25, 0.3) is 0 Å². The number of aliphatic carboxylic acids is 1. The van der Waals surface area contributed by atoms with E-state index in [4.69, 9.17) is 5.11 Å². The first-order valence-corrected chi connectivity index (χ1v) is 7.38. The predicted octanol–water partition coefficient (Wildman–Crippen LogP) is 1.69. The molecule has 0 radical (unpaired) electrons. The van der Waals surface area contributed by atoms with Crippen LogP contribution in [0.2, 0.25) is 0 Å². The van der Waals surface area contributed by atoms with Crippen molar-refractivity contribution in [2.75, 3.05) is 6.54 Å². The van der Waals surface area contributed by atoms with Gasteiger partial charge in [0.25, 0.3) is 0 Å². The lowest BCUT2D eigenvalue weighted by molar-refractivity contribution is -0.138. The third-order valence-corrected chi connectivity index (χ3v) is 3.21. The van der Waals surface area contributed by atoms with E-state index in [1.165, 1.54) is 6.92 Å². The second kappa shape index (κ2) is 9.37. The molecule has 6 nitrogen and oxygen atoms in total. The Kier molecular flexibility index (Phi) is 8.66. The molecule has 6 heteroatoms. The summed E-state index contributed by atoms with van der Waals surface area (Å²) < 4.78 is 0. The maximum absolute atomic E-state index is 11.8. The Labute approximate surface area is 126 Å². The minimum atomic E-state index is -0.912. The van der Waals surface area contributed by atoms with Crippen LogP contribution in [0, 0.1) is 5.41 Å². The quantitative estimate of drug-likeness (QED) is 0.565. The topological polar surface area (TPSA) is 95.5 Å². The molecule has 1 atom stereocenters. The van der Waals surface area contributed by atoms with Crippen LogP contribution in [0.3, 0.4) is 0 Å². The van der Waals surface area contributed by atoms with Crippen LogP contribution in [-0.4, -0.2) is 35.5 Å². The molecule has 3 N–H and O–H groups in total. The monoisotopic (exact) mass is 300 g/mol. The van der Waals surface area contributed by atoms with Gasteiger partial charge in [0.1, 0.15) is 0 Å². The molecule has 2 amide bonds. The number of unbranched alkanes of at least 4 members (excludes halogenated alkanes) is 2. The molecule has 0 aliphatic rings. The maximum atomic E-state index is 11.8. The van der Waals surface area contributed by atoms with Gasteiger partial charge in [-0.2, -0.15) is 0 Å².